The zero-order chi connectivity index (χ0) is 41.8. The number of anilines is 3. The monoisotopic (exact) mass is 803 g/mol. The molecule has 63 heavy (non-hydrogen) atoms. The van der Waals surface area contributed by atoms with Crippen molar-refractivity contribution in [3.63, 3.8) is 0 Å². The number of nitrogens with zero attached hydrogens (tertiary/aromatic N) is 1. The van der Waals surface area contributed by atoms with Crippen LogP contribution in [-0.4, -0.2) is 0 Å². The number of hydrogen-bond donors (Lipinski definition) is 0. The summed E-state index contributed by atoms with van der Waals surface area (Å²) in [5.74, 6) is 0. The van der Waals surface area contributed by atoms with Gasteiger partial charge in [0, 0.05) is 33.1 Å². The lowest BCUT2D eigenvalue weighted by atomic mass is 9.82. The molecule has 1 heterocycles. The van der Waals surface area contributed by atoms with E-state index >= 15 is 0 Å². The predicted octanol–water partition coefficient (Wildman–Crippen LogP) is 17.2. The maximum atomic E-state index is 6.39. The molecule has 1 aromatic heterocycles. The van der Waals surface area contributed by atoms with Crippen LogP contribution >= 0.6 is 0 Å². The van der Waals surface area contributed by atoms with Gasteiger partial charge in [0.1, 0.15) is 11.2 Å². The summed E-state index contributed by atoms with van der Waals surface area (Å²) in [5.41, 5.74) is 22.5. The van der Waals surface area contributed by atoms with Gasteiger partial charge in [-0.1, -0.05) is 178 Å². The first-order valence-electron chi connectivity index (χ1n) is 21.9. The van der Waals surface area contributed by atoms with Gasteiger partial charge in [-0.25, -0.2) is 0 Å². The van der Waals surface area contributed by atoms with E-state index in [-0.39, 0.29) is 5.41 Å². The Kier molecular flexibility index (Phi) is 7.68. The molecule has 2 heteroatoms. The van der Waals surface area contributed by atoms with E-state index < -0.39 is 0 Å². The lowest BCUT2D eigenvalue weighted by Crippen LogP contribution is -2.17. The second-order valence-corrected chi connectivity index (χ2v) is 17.6. The van der Waals surface area contributed by atoms with E-state index in [9.17, 15) is 0 Å². The molecule has 10 aromatic carbocycles. The molecule has 0 N–H and O–H groups in total. The first kappa shape index (κ1) is 35.8. The predicted molar refractivity (Wildman–Crippen MR) is 264 cm³/mol. The standard InChI is InChI=1S/C61H41NO/c1-61(2)55-24-11-8-19-46(55)47-31-28-41(37-56(47)61)62(40-29-34-59-54(36-40)49-21-10-13-26-58(49)63-59)57-25-12-9-20-48(57)53-35-39(38-15-4-3-5-16-38)27-30-45(53)44-32-33-52-43-18-7-6-17-42(43)50-22-14-23-51(44)60(50)52/h3-37H,1-2H3. The molecule has 13 rings (SSSR count). The summed E-state index contributed by atoms with van der Waals surface area (Å²) in [7, 11) is 0. The van der Waals surface area contributed by atoms with Crippen LogP contribution in [0.5, 0.6) is 0 Å². The molecule has 0 atom stereocenters. The Morgan fingerprint density at radius 2 is 0.905 bits per heavy atom. The third kappa shape index (κ3) is 5.31. The smallest absolute Gasteiger partial charge is 0.135 e. The van der Waals surface area contributed by atoms with Gasteiger partial charge >= 0.3 is 0 Å². The SMILES string of the molecule is CC1(C)c2ccccc2-c2ccc(N(c3ccc4oc5ccccc5c4c3)c3ccccc3-c3cc(-c4ccccc4)ccc3-c3ccc4c5c(cccc35)-c3ccccc3-4)cc21. The molecule has 0 amide bonds. The minimum atomic E-state index is -0.162. The average molecular weight is 804 g/mol. The first-order valence-corrected chi connectivity index (χ1v) is 21.9. The summed E-state index contributed by atoms with van der Waals surface area (Å²) < 4.78 is 6.39. The third-order valence-electron chi connectivity index (χ3n) is 13.8. The largest absolute Gasteiger partial charge is 0.456 e. The molecule has 296 valence electrons. The van der Waals surface area contributed by atoms with E-state index in [4.69, 9.17) is 4.42 Å². The Hall–Kier alpha value is -7.94. The maximum absolute atomic E-state index is 6.39. The first-order chi connectivity index (χ1) is 31.0. The Morgan fingerprint density at radius 1 is 0.333 bits per heavy atom. The van der Waals surface area contributed by atoms with Crippen LogP contribution < -0.4 is 4.90 Å². The number of fused-ring (bicyclic) bond motifs is 9. The van der Waals surface area contributed by atoms with Gasteiger partial charge in [0.25, 0.3) is 0 Å². The van der Waals surface area contributed by atoms with Crippen molar-refractivity contribution < 1.29 is 4.42 Å². The fourth-order valence-corrected chi connectivity index (χ4v) is 10.9. The normalized spacial score (nSPS) is 13.0. The van der Waals surface area contributed by atoms with E-state index in [1.54, 1.807) is 0 Å². The molecule has 0 saturated heterocycles. The number of benzene rings is 10. The van der Waals surface area contributed by atoms with E-state index in [0.29, 0.717) is 0 Å². The zero-order valence-electron chi connectivity index (χ0n) is 35.1. The Morgan fingerprint density at radius 3 is 1.76 bits per heavy atom. The van der Waals surface area contributed by atoms with E-state index in [1.165, 1.54) is 83.1 Å². The van der Waals surface area contributed by atoms with Crippen molar-refractivity contribution in [2.24, 2.45) is 0 Å². The molecule has 0 fully saturated rings. The minimum Gasteiger partial charge on any atom is -0.456 e. The summed E-state index contributed by atoms with van der Waals surface area (Å²) in [5, 5.41) is 4.80. The second kappa shape index (κ2) is 13.5. The lowest BCUT2D eigenvalue weighted by molar-refractivity contribution is 0.660. The molecule has 0 aliphatic heterocycles. The van der Waals surface area contributed by atoms with Crippen LogP contribution in [0.3, 0.4) is 0 Å². The van der Waals surface area contributed by atoms with Crippen LogP contribution in [0.4, 0.5) is 17.1 Å². The molecule has 11 aromatic rings. The molecule has 2 nitrogen and oxygen atoms in total. The highest BCUT2D eigenvalue weighted by Gasteiger charge is 2.36. The third-order valence-corrected chi connectivity index (χ3v) is 13.8. The quantitative estimate of drug-likeness (QED) is 0.166. The van der Waals surface area contributed by atoms with Crippen LogP contribution in [0, 0.1) is 0 Å². The van der Waals surface area contributed by atoms with Crippen molar-refractivity contribution in [2.45, 2.75) is 19.3 Å². The summed E-state index contributed by atoms with van der Waals surface area (Å²) >= 11 is 0. The van der Waals surface area contributed by atoms with E-state index in [0.717, 1.165) is 44.6 Å². The zero-order valence-corrected chi connectivity index (χ0v) is 35.1. The fraction of sp³-hybridized carbons (Fsp3) is 0.0492. The number of rotatable bonds is 6. The average Bonchev–Trinajstić information content (AvgIpc) is 3.95. The van der Waals surface area contributed by atoms with Crippen molar-refractivity contribution in [3.8, 4) is 66.8 Å². The van der Waals surface area contributed by atoms with E-state index in [1.807, 2.05) is 6.07 Å². The van der Waals surface area contributed by atoms with Crippen LogP contribution in [0.15, 0.2) is 217 Å². The summed E-state index contributed by atoms with van der Waals surface area (Å²) in [6.07, 6.45) is 0. The molecule has 0 saturated carbocycles. The van der Waals surface area contributed by atoms with Gasteiger partial charge in [-0.15, -0.1) is 0 Å². The molecule has 0 radical (unpaired) electrons. The van der Waals surface area contributed by atoms with Gasteiger partial charge < -0.3 is 9.32 Å². The summed E-state index contributed by atoms with van der Waals surface area (Å²) in [6, 6.07) is 78.2. The molecule has 2 aliphatic rings. The number of para-hydroxylation sites is 2. The highest BCUT2D eigenvalue weighted by Crippen LogP contribution is 2.54. The Bertz CT molecular complexity index is 3630. The highest BCUT2D eigenvalue weighted by atomic mass is 16.3. The van der Waals surface area contributed by atoms with Gasteiger partial charge in [0.15, 0.2) is 0 Å². The van der Waals surface area contributed by atoms with Crippen LogP contribution in [-0.2, 0) is 5.41 Å². The topological polar surface area (TPSA) is 16.4 Å². The molecule has 0 bridgehead atoms. The van der Waals surface area contributed by atoms with E-state index in [2.05, 4.69) is 225 Å². The second-order valence-electron chi connectivity index (χ2n) is 17.6. The van der Waals surface area contributed by atoms with Gasteiger partial charge in [0.05, 0.1) is 5.69 Å². The van der Waals surface area contributed by atoms with Gasteiger partial charge in [0.2, 0.25) is 0 Å². The minimum absolute atomic E-state index is 0.162. The van der Waals surface area contributed by atoms with Crippen molar-refractivity contribution >= 4 is 49.8 Å². The number of furan rings is 1. The molecule has 0 spiro atoms. The lowest BCUT2D eigenvalue weighted by Gasteiger charge is -2.30. The fourth-order valence-electron chi connectivity index (χ4n) is 10.9. The van der Waals surface area contributed by atoms with Crippen molar-refractivity contribution in [3.05, 3.63) is 223 Å². The number of hydrogen-bond acceptors (Lipinski definition) is 2. The Labute approximate surface area is 367 Å². The van der Waals surface area contributed by atoms with Gasteiger partial charge in [-0.2, -0.15) is 0 Å². The molecular formula is C61H41NO. The van der Waals surface area contributed by atoms with Gasteiger partial charge in [-0.05, 0) is 132 Å². The maximum Gasteiger partial charge on any atom is 0.135 e. The molecular weight excluding hydrogens is 763 g/mol. The van der Waals surface area contributed by atoms with Crippen molar-refractivity contribution in [2.75, 3.05) is 4.90 Å². The van der Waals surface area contributed by atoms with Crippen LogP contribution in [0.2, 0.25) is 0 Å². The summed E-state index contributed by atoms with van der Waals surface area (Å²) in [4.78, 5) is 2.47. The molecule has 0 unspecified atom stereocenters. The summed E-state index contributed by atoms with van der Waals surface area (Å²) in [6.45, 7) is 4.72. The van der Waals surface area contributed by atoms with Crippen LogP contribution in [0.25, 0.3) is 99.5 Å². The van der Waals surface area contributed by atoms with Crippen molar-refractivity contribution in [1.29, 1.82) is 0 Å². The van der Waals surface area contributed by atoms with Crippen molar-refractivity contribution in [1.82, 2.24) is 0 Å². The Balaban J connectivity index is 1.07. The highest BCUT2D eigenvalue weighted by molar-refractivity contribution is 6.19. The molecule has 2 aliphatic carbocycles. The van der Waals surface area contributed by atoms with Gasteiger partial charge in [-0.3, -0.25) is 0 Å². The van der Waals surface area contributed by atoms with Crippen LogP contribution in [0.1, 0.15) is 25.0 Å².